The number of ether oxygens (including phenoxy) is 1. The van der Waals surface area contributed by atoms with E-state index in [1.165, 1.54) is 7.11 Å². The first-order valence-electron chi connectivity index (χ1n) is 3.65. The Balaban J connectivity index is 2.79. The molecule has 0 saturated carbocycles. The minimum absolute atomic E-state index is 0.318. The number of rotatable bonds is 1. The normalized spacial score (nSPS) is 9.77. The van der Waals surface area contributed by atoms with Gasteiger partial charge in [0.15, 0.2) is 0 Å². The van der Waals surface area contributed by atoms with Gasteiger partial charge in [-0.15, -0.1) is 0 Å². The smallest absolute Gasteiger partial charge is 0.371 e. The molecule has 0 spiro atoms. The topological polar surface area (TPSA) is 26.3 Å². The molecule has 4 heteroatoms. The lowest BCUT2D eigenvalue weighted by Gasteiger charge is -2.01. The Labute approximate surface area is 86.2 Å². The Hall–Kier alpha value is -0.670. The van der Waals surface area contributed by atoms with Crippen LogP contribution in [0.15, 0.2) is 23.1 Å². The Kier molecular flexibility index (Phi) is 3.63. The first-order chi connectivity index (χ1) is 6.13. The minimum atomic E-state index is -0.318. The van der Waals surface area contributed by atoms with Gasteiger partial charge in [0, 0.05) is 9.92 Å². The highest BCUT2D eigenvalue weighted by Crippen LogP contribution is 2.24. The molecule has 0 aliphatic carbocycles. The monoisotopic (exact) mass is 216 g/mol. The highest BCUT2D eigenvalue weighted by atomic mass is 35.5. The number of thioether (sulfide) groups is 1. The maximum Gasteiger partial charge on any atom is 0.371 e. The van der Waals surface area contributed by atoms with Gasteiger partial charge in [0.25, 0.3) is 0 Å². The minimum Gasteiger partial charge on any atom is -0.461 e. The Morgan fingerprint density at radius 1 is 1.54 bits per heavy atom. The third-order valence-corrected chi connectivity index (χ3v) is 2.74. The zero-order valence-electron chi connectivity index (χ0n) is 7.33. The van der Waals surface area contributed by atoms with E-state index in [2.05, 4.69) is 4.74 Å². The van der Waals surface area contributed by atoms with E-state index in [-0.39, 0.29) is 5.30 Å². The third kappa shape index (κ3) is 2.94. The molecule has 0 radical (unpaired) electrons. The second-order valence-corrected chi connectivity index (χ2v) is 3.88. The van der Waals surface area contributed by atoms with Crippen molar-refractivity contribution in [3.63, 3.8) is 0 Å². The summed E-state index contributed by atoms with van der Waals surface area (Å²) in [5, 5.41) is 0.385. The van der Waals surface area contributed by atoms with E-state index >= 15 is 0 Å². The zero-order chi connectivity index (χ0) is 9.84. The average molecular weight is 217 g/mol. The number of carbonyl (C=O) groups is 1. The van der Waals surface area contributed by atoms with Crippen LogP contribution in [0, 0.1) is 6.92 Å². The van der Waals surface area contributed by atoms with Gasteiger partial charge in [-0.05, 0) is 42.4 Å². The Morgan fingerprint density at radius 2 is 2.23 bits per heavy atom. The van der Waals surface area contributed by atoms with Crippen molar-refractivity contribution in [3.05, 3.63) is 28.8 Å². The molecule has 0 aromatic heterocycles. The summed E-state index contributed by atoms with van der Waals surface area (Å²) < 4.78 is 4.52. The maximum atomic E-state index is 10.9. The Bertz CT molecular complexity index is 325. The number of hydrogen-bond donors (Lipinski definition) is 0. The van der Waals surface area contributed by atoms with Crippen LogP contribution in [-0.4, -0.2) is 12.4 Å². The maximum absolute atomic E-state index is 10.9. The van der Waals surface area contributed by atoms with Gasteiger partial charge in [-0.1, -0.05) is 11.6 Å². The van der Waals surface area contributed by atoms with Crippen molar-refractivity contribution >= 4 is 28.7 Å². The van der Waals surface area contributed by atoms with Gasteiger partial charge in [-0.25, -0.2) is 4.79 Å². The summed E-state index contributed by atoms with van der Waals surface area (Å²) in [5.74, 6) is 0. The van der Waals surface area contributed by atoms with Gasteiger partial charge in [0.1, 0.15) is 0 Å². The van der Waals surface area contributed by atoms with E-state index in [1.54, 1.807) is 12.1 Å². The fourth-order valence-corrected chi connectivity index (χ4v) is 1.58. The van der Waals surface area contributed by atoms with Crippen LogP contribution in [-0.2, 0) is 4.74 Å². The lowest BCUT2D eigenvalue weighted by atomic mass is 10.2. The number of carbonyl (C=O) groups excluding carboxylic acids is 1. The molecule has 0 saturated heterocycles. The molecule has 0 unspecified atom stereocenters. The second-order valence-electron chi connectivity index (χ2n) is 2.47. The highest BCUT2D eigenvalue weighted by molar-refractivity contribution is 8.13. The second kappa shape index (κ2) is 4.53. The molecule has 0 fully saturated rings. The fraction of sp³-hybridized carbons (Fsp3) is 0.222. The summed E-state index contributed by atoms with van der Waals surface area (Å²) in [6.07, 6.45) is 0. The molecule has 1 aromatic rings. The molecule has 0 heterocycles. The van der Waals surface area contributed by atoms with Crippen LogP contribution in [0.3, 0.4) is 0 Å². The van der Waals surface area contributed by atoms with E-state index < -0.39 is 0 Å². The summed E-state index contributed by atoms with van der Waals surface area (Å²) in [4.78, 5) is 11.7. The quantitative estimate of drug-likeness (QED) is 0.531. The fourth-order valence-electron chi connectivity index (χ4n) is 0.819. The van der Waals surface area contributed by atoms with E-state index in [0.717, 1.165) is 22.2 Å². The van der Waals surface area contributed by atoms with Crippen LogP contribution in [0.1, 0.15) is 5.56 Å². The third-order valence-electron chi connectivity index (χ3n) is 1.50. The molecule has 70 valence electrons. The number of halogens is 1. The molecule has 0 aliphatic heterocycles. The largest absolute Gasteiger partial charge is 0.461 e. The molecular weight excluding hydrogens is 208 g/mol. The van der Waals surface area contributed by atoms with Crippen LogP contribution in [0.25, 0.3) is 0 Å². The highest BCUT2D eigenvalue weighted by Gasteiger charge is 2.04. The lowest BCUT2D eigenvalue weighted by molar-refractivity contribution is 0.200. The van der Waals surface area contributed by atoms with E-state index in [1.807, 2.05) is 13.0 Å². The molecule has 2 nitrogen and oxygen atoms in total. The summed E-state index contributed by atoms with van der Waals surface area (Å²) in [5.41, 5.74) is 0.954. The van der Waals surface area contributed by atoms with Crippen LogP contribution < -0.4 is 0 Å². The van der Waals surface area contributed by atoms with Crippen molar-refractivity contribution in [2.24, 2.45) is 0 Å². The summed E-state index contributed by atoms with van der Waals surface area (Å²) in [7, 11) is 1.36. The lowest BCUT2D eigenvalue weighted by Crippen LogP contribution is -1.90. The van der Waals surface area contributed by atoms with Gasteiger partial charge >= 0.3 is 5.30 Å². The molecule has 0 bridgehead atoms. The molecular formula is C9H9ClO2S. The molecule has 0 aliphatic rings. The first-order valence-corrected chi connectivity index (χ1v) is 4.85. The SMILES string of the molecule is COC(=O)Sc1ccc(Cl)c(C)c1. The van der Waals surface area contributed by atoms with E-state index in [9.17, 15) is 4.79 Å². The molecule has 0 atom stereocenters. The van der Waals surface area contributed by atoms with Crippen molar-refractivity contribution in [1.29, 1.82) is 0 Å². The summed E-state index contributed by atoms with van der Waals surface area (Å²) in [6.45, 7) is 1.89. The van der Waals surface area contributed by atoms with Gasteiger partial charge in [0.05, 0.1) is 7.11 Å². The van der Waals surface area contributed by atoms with E-state index in [0.29, 0.717) is 5.02 Å². The number of hydrogen-bond acceptors (Lipinski definition) is 3. The standard InChI is InChI=1S/C9H9ClO2S/c1-6-5-7(3-4-8(6)10)13-9(11)12-2/h3-5H,1-2H3. The van der Waals surface area contributed by atoms with Gasteiger partial charge in [-0.3, -0.25) is 0 Å². The average Bonchev–Trinajstić information content (AvgIpc) is 2.11. The predicted octanol–water partition coefficient (Wildman–Crippen LogP) is 3.51. The van der Waals surface area contributed by atoms with Gasteiger partial charge in [0.2, 0.25) is 0 Å². The van der Waals surface area contributed by atoms with Crippen LogP contribution in [0.5, 0.6) is 0 Å². The van der Waals surface area contributed by atoms with Gasteiger partial charge in [-0.2, -0.15) is 0 Å². The number of benzene rings is 1. The van der Waals surface area contributed by atoms with Crippen molar-refractivity contribution in [2.75, 3.05) is 7.11 Å². The summed E-state index contributed by atoms with van der Waals surface area (Å²) >= 11 is 6.87. The molecule has 1 aromatic carbocycles. The summed E-state index contributed by atoms with van der Waals surface area (Å²) in [6, 6.07) is 5.41. The molecule has 0 N–H and O–H groups in total. The van der Waals surface area contributed by atoms with Crippen molar-refractivity contribution < 1.29 is 9.53 Å². The van der Waals surface area contributed by atoms with Gasteiger partial charge < -0.3 is 4.74 Å². The first kappa shape index (κ1) is 10.4. The molecule has 13 heavy (non-hydrogen) atoms. The molecule has 1 rings (SSSR count). The zero-order valence-corrected chi connectivity index (χ0v) is 8.91. The van der Waals surface area contributed by atoms with Crippen LogP contribution in [0.4, 0.5) is 4.79 Å². The number of methoxy groups -OCH3 is 1. The van der Waals surface area contributed by atoms with Crippen molar-refractivity contribution in [3.8, 4) is 0 Å². The Morgan fingerprint density at radius 3 is 2.77 bits per heavy atom. The van der Waals surface area contributed by atoms with Crippen molar-refractivity contribution in [2.45, 2.75) is 11.8 Å². The predicted molar refractivity (Wildman–Crippen MR) is 54.5 cm³/mol. The number of aryl methyl sites for hydroxylation is 1. The van der Waals surface area contributed by atoms with Crippen LogP contribution in [0.2, 0.25) is 5.02 Å². The van der Waals surface area contributed by atoms with E-state index in [4.69, 9.17) is 11.6 Å². The van der Waals surface area contributed by atoms with Crippen molar-refractivity contribution in [1.82, 2.24) is 0 Å². The van der Waals surface area contributed by atoms with Crippen LogP contribution >= 0.6 is 23.4 Å². The molecule has 0 amide bonds.